The van der Waals surface area contributed by atoms with Crippen LogP contribution >= 0.6 is 0 Å². The fourth-order valence-electron chi connectivity index (χ4n) is 5.22. The Morgan fingerprint density at radius 3 is 2.45 bits per heavy atom. The number of phenolic OH excluding ortho intramolecular Hbond substituents is 1. The standard InChI is InChI=1S/C24H32N2O5/c1-24(2,3)31-23(29)26-14-16(21-19(26)9-6-10-20(21)27)13-25-17-7-5-8-18(25)12-15(11-17)22(28)30-4/h6,9-10,14-15,17-18,27H,5,7-8,11-13H2,1-4H3. The van der Waals surface area contributed by atoms with Crippen molar-refractivity contribution in [1.82, 2.24) is 9.47 Å². The molecule has 0 radical (unpaired) electrons. The molecule has 2 aliphatic rings. The third kappa shape index (κ3) is 4.28. The Labute approximate surface area is 182 Å². The minimum absolute atomic E-state index is 0.0481. The number of benzene rings is 1. The van der Waals surface area contributed by atoms with Crippen LogP contribution in [-0.4, -0.2) is 51.4 Å². The largest absolute Gasteiger partial charge is 0.507 e. The molecule has 2 bridgehead atoms. The van der Waals surface area contributed by atoms with Crippen LogP contribution < -0.4 is 0 Å². The van der Waals surface area contributed by atoms with Crippen molar-refractivity contribution in [3.63, 3.8) is 0 Å². The fourth-order valence-corrected chi connectivity index (χ4v) is 5.22. The molecule has 2 atom stereocenters. The molecular formula is C24H32N2O5. The molecule has 0 saturated carbocycles. The van der Waals surface area contributed by atoms with Crippen LogP contribution in [0.1, 0.15) is 58.4 Å². The lowest BCUT2D eigenvalue weighted by Gasteiger charge is -2.48. The third-order valence-corrected chi connectivity index (χ3v) is 6.49. The van der Waals surface area contributed by atoms with E-state index in [4.69, 9.17) is 9.47 Å². The second-order valence-electron chi connectivity index (χ2n) is 9.78. The van der Waals surface area contributed by atoms with E-state index < -0.39 is 11.7 Å². The van der Waals surface area contributed by atoms with Crippen molar-refractivity contribution >= 4 is 23.0 Å². The minimum atomic E-state index is -0.614. The van der Waals surface area contributed by atoms with Gasteiger partial charge < -0.3 is 14.6 Å². The quantitative estimate of drug-likeness (QED) is 0.728. The lowest BCUT2D eigenvalue weighted by Crippen LogP contribution is -2.52. The molecule has 168 valence electrons. The first kappa shape index (κ1) is 21.7. The van der Waals surface area contributed by atoms with Gasteiger partial charge in [-0.05, 0) is 64.2 Å². The molecule has 7 nitrogen and oxygen atoms in total. The van der Waals surface area contributed by atoms with E-state index in [9.17, 15) is 14.7 Å². The maximum Gasteiger partial charge on any atom is 0.419 e. The number of ether oxygens (including phenoxy) is 2. The molecule has 7 heteroatoms. The molecule has 31 heavy (non-hydrogen) atoms. The molecule has 0 aliphatic carbocycles. The average Bonchev–Trinajstić information content (AvgIpc) is 3.06. The second kappa shape index (κ2) is 8.19. The molecule has 2 fully saturated rings. The summed E-state index contributed by atoms with van der Waals surface area (Å²) in [6, 6.07) is 5.80. The topological polar surface area (TPSA) is 81.0 Å². The lowest BCUT2D eigenvalue weighted by molar-refractivity contribution is -0.150. The smallest absolute Gasteiger partial charge is 0.419 e. The maximum atomic E-state index is 12.8. The highest BCUT2D eigenvalue weighted by molar-refractivity contribution is 5.95. The molecule has 1 aromatic carbocycles. The number of nitrogens with zero attached hydrogens (tertiary/aromatic N) is 2. The molecular weight excluding hydrogens is 396 g/mol. The molecule has 2 unspecified atom stereocenters. The van der Waals surface area contributed by atoms with Crippen molar-refractivity contribution in [1.29, 1.82) is 0 Å². The molecule has 2 aromatic rings. The van der Waals surface area contributed by atoms with Crippen LogP contribution in [0.4, 0.5) is 4.79 Å². The van der Waals surface area contributed by atoms with E-state index in [1.165, 1.54) is 11.7 Å². The zero-order valence-electron chi connectivity index (χ0n) is 18.8. The molecule has 1 aromatic heterocycles. The van der Waals surface area contributed by atoms with Gasteiger partial charge in [0.2, 0.25) is 0 Å². The highest BCUT2D eigenvalue weighted by Gasteiger charge is 2.41. The van der Waals surface area contributed by atoms with E-state index in [0.29, 0.717) is 29.5 Å². The number of hydrogen-bond donors (Lipinski definition) is 1. The van der Waals surface area contributed by atoms with Crippen molar-refractivity contribution in [3.05, 3.63) is 30.0 Å². The Balaban J connectivity index is 1.66. The Kier molecular flexibility index (Phi) is 5.73. The van der Waals surface area contributed by atoms with E-state index in [1.54, 1.807) is 18.3 Å². The van der Waals surface area contributed by atoms with Gasteiger partial charge in [-0.2, -0.15) is 0 Å². The normalized spacial score (nSPS) is 24.2. The zero-order valence-corrected chi connectivity index (χ0v) is 18.8. The van der Waals surface area contributed by atoms with E-state index in [-0.39, 0.29) is 17.6 Å². The van der Waals surface area contributed by atoms with Gasteiger partial charge in [0.15, 0.2) is 0 Å². The number of piperidine rings is 2. The predicted molar refractivity (Wildman–Crippen MR) is 117 cm³/mol. The van der Waals surface area contributed by atoms with Crippen molar-refractivity contribution < 1.29 is 24.2 Å². The summed E-state index contributed by atoms with van der Waals surface area (Å²) < 4.78 is 12.1. The summed E-state index contributed by atoms with van der Waals surface area (Å²) in [6.07, 6.45) is 6.16. The van der Waals surface area contributed by atoms with Crippen LogP contribution in [0, 0.1) is 5.92 Å². The van der Waals surface area contributed by atoms with Gasteiger partial charge >= 0.3 is 12.1 Å². The number of methoxy groups -OCH3 is 1. The number of aromatic nitrogens is 1. The van der Waals surface area contributed by atoms with Crippen molar-refractivity contribution in [2.24, 2.45) is 5.92 Å². The number of phenols is 1. The SMILES string of the molecule is COC(=O)C1CC2CCCC(C1)N2Cc1cn(C(=O)OC(C)(C)C)c2cccc(O)c12. The Morgan fingerprint density at radius 1 is 1.16 bits per heavy atom. The molecule has 2 aliphatic heterocycles. The maximum absolute atomic E-state index is 12.8. The Bertz CT molecular complexity index is 976. The summed E-state index contributed by atoms with van der Waals surface area (Å²) in [5.74, 6) is -0.00630. The van der Waals surface area contributed by atoms with Gasteiger partial charge in [0, 0.05) is 30.2 Å². The van der Waals surface area contributed by atoms with Gasteiger partial charge in [-0.15, -0.1) is 0 Å². The molecule has 0 amide bonds. The summed E-state index contributed by atoms with van der Waals surface area (Å²) in [6.45, 7) is 6.12. The first-order chi connectivity index (χ1) is 14.7. The highest BCUT2D eigenvalue weighted by atomic mass is 16.6. The van der Waals surface area contributed by atoms with Crippen molar-refractivity contribution in [2.45, 2.75) is 77.1 Å². The molecule has 2 saturated heterocycles. The molecule has 0 spiro atoms. The van der Waals surface area contributed by atoms with E-state index >= 15 is 0 Å². The highest BCUT2D eigenvalue weighted by Crippen LogP contribution is 2.40. The first-order valence-corrected chi connectivity index (χ1v) is 11.1. The van der Waals surface area contributed by atoms with Gasteiger partial charge in [-0.1, -0.05) is 12.5 Å². The van der Waals surface area contributed by atoms with Crippen LogP contribution in [-0.2, 0) is 20.8 Å². The Morgan fingerprint density at radius 2 is 1.84 bits per heavy atom. The summed E-state index contributed by atoms with van der Waals surface area (Å²) in [5, 5.41) is 11.3. The number of rotatable bonds is 3. The van der Waals surface area contributed by atoms with Crippen LogP contribution in [0.3, 0.4) is 0 Å². The number of carbonyl (C=O) groups is 2. The first-order valence-electron chi connectivity index (χ1n) is 11.1. The summed E-state index contributed by atoms with van der Waals surface area (Å²) in [4.78, 5) is 27.4. The van der Waals surface area contributed by atoms with E-state index in [0.717, 1.165) is 37.7 Å². The van der Waals surface area contributed by atoms with E-state index in [2.05, 4.69) is 4.90 Å². The average molecular weight is 429 g/mol. The van der Waals surface area contributed by atoms with Crippen molar-refractivity contribution in [3.8, 4) is 5.75 Å². The van der Waals surface area contributed by atoms with Crippen LogP contribution in [0.15, 0.2) is 24.4 Å². The van der Waals surface area contributed by atoms with Gasteiger partial charge in [0.25, 0.3) is 0 Å². The van der Waals surface area contributed by atoms with E-state index in [1.807, 2.05) is 26.8 Å². The molecule has 1 N–H and O–H groups in total. The van der Waals surface area contributed by atoms with Gasteiger partial charge in [-0.3, -0.25) is 14.3 Å². The fraction of sp³-hybridized carbons (Fsp3) is 0.583. The summed E-state index contributed by atoms with van der Waals surface area (Å²) >= 11 is 0. The second-order valence-corrected chi connectivity index (χ2v) is 9.78. The number of carbonyl (C=O) groups excluding carboxylic acids is 2. The summed E-state index contributed by atoms with van der Waals surface area (Å²) in [5.41, 5.74) is 0.920. The number of hydrogen-bond acceptors (Lipinski definition) is 6. The zero-order chi connectivity index (χ0) is 22.3. The number of fused-ring (bicyclic) bond motifs is 3. The summed E-state index contributed by atoms with van der Waals surface area (Å²) in [7, 11) is 1.46. The predicted octanol–water partition coefficient (Wildman–Crippen LogP) is 4.44. The van der Waals surface area contributed by atoms with Crippen LogP contribution in [0.25, 0.3) is 10.9 Å². The van der Waals surface area contributed by atoms with Gasteiger partial charge in [-0.25, -0.2) is 4.79 Å². The van der Waals surface area contributed by atoms with Crippen LogP contribution in [0.2, 0.25) is 0 Å². The molecule has 4 rings (SSSR count). The van der Waals surface area contributed by atoms with Crippen molar-refractivity contribution in [2.75, 3.05) is 7.11 Å². The number of aromatic hydroxyl groups is 1. The minimum Gasteiger partial charge on any atom is -0.507 e. The molecule has 3 heterocycles. The monoisotopic (exact) mass is 428 g/mol. The number of esters is 1. The van der Waals surface area contributed by atoms with Gasteiger partial charge in [0.1, 0.15) is 11.4 Å². The van der Waals surface area contributed by atoms with Gasteiger partial charge in [0.05, 0.1) is 18.5 Å². The third-order valence-electron chi connectivity index (χ3n) is 6.49. The van der Waals surface area contributed by atoms with Crippen LogP contribution in [0.5, 0.6) is 5.75 Å². The Hall–Kier alpha value is -2.54. The lowest BCUT2D eigenvalue weighted by atomic mass is 9.78.